The van der Waals surface area contributed by atoms with Crippen molar-refractivity contribution in [3.05, 3.63) is 39.9 Å². The lowest BCUT2D eigenvalue weighted by Crippen LogP contribution is -2.27. The van der Waals surface area contributed by atoms with Gasteiger partial charge < -0.3 is 0 Å². The van der Waals surface area contributed by atoms with Gasteiger partial charge in [-0.2, -0.15) is 0 Å². The van der Waals surface area contributed by atoms with E-state index >= 15 is 0 Å². The molecule has 0 spiro atoms. The molecule has 1 unspecified atom stereocenters. The van der Waals surface area contributed by atoms with E-state index in [1.54, 1.807) is 0 Å². The van der Waals surface area contributed by atoms with Crippen LogP contribution < -0.4 is 0 Å². The first kappa shape index (κ1) is 12.4. The monoisotopic (exact) mass is 247 g/mol. The molecule has 1 atom stereocenters. The molecule has 1 aliphatic carbocycles. The Kier molecular flexibility index (Phi) is 3.50. The number of non-ortho nitro benzene ring substituents is 1. The molecule has 1 fully saturated rings. The van der Waals surface area contributed by atoms with Crippen molar-refractivity contribution in [2.75, 3.05) is 0 Å². The topological polar surface area (TPSA) is 77.3 Å². The molecule has 1 saturated carbocycles. The number of carbonyl (C=O) groups excluding carboxylic acids is 2. The minimum atomic E-state index is -0.555. The second-order valence-corrected chi connectivity index (χ2v) is 4.43. The Bertz CT molecular complexity index is 492. The molecule has 0 saturated heterocycles. The zero-order valence-corrected chi connectivity index (χ0v) is 9.80. The van der Waals surface area contributed by atoms with Crippen LogP contribution in [0.25, 0.3) is 0 Å². The van der Waals surface area contributed by atoms with Crippen LogP contribution in [-0.4, -0.2) is 16.5 Å². The van der Waals surface area contributed by atoms with E-state index < -0.39 is 10.8 Å². The Morgan fingerprint density at radius 2 is 1.89 bits per heavy atom. The van der Waals surface area contributed by atoms with Crippen LogP contribution in [0.1, 0.15) is 36.0 Å². The normalized spacial score (nSPS) is 19.6. The van der Waals surface area contributed by atoms with Gasteiger partial charge in [0.1, 0.15) is 5.78 Å². The molecule has 0 heterocycles. The summed E-state index contributed by atoms with van der Waals surface area (Å²) in [7, 11) is 0. The number of benzene rings is 1. The average molecular weight is 247 g/mol. The summed E-state index contributed by atoms with van der Waals surface area (Å²) in [4.78, 5) is 33.7. The minimum absolute atomic E-state index is 0.00963. The van der Waals surface area contributed by atoms with Gasteiger partial charge in [-0.05, 0) is 25.0 Å². The number of carbonyl (C=O) groups is 2. The lowest BCUT2D eigenvalue weighted by Gasteiger charge is -2.19. The van der Waals surface area contributed by atoms with Crippen LogP contribution >= 0.6 is 0 Å². The standard InChI is InChI=1S/C13H13NO4/c15-12-4-2-1-3-11(12)13(16)9-5-7-10(8-6-9)14(17)18/h5-8,11H,1-4H2. The molecule has 0 aromatic heterocycles. The molecule has 94 valence electrons. The first-order valence-corrected chi connectivity index (χ1v) is 5.91. The highest BCUT2D eigenvalue weighted by Gasteiger charge is 2.29. The predicted molar refractivity (Wildman–Crippen MR) is 64.4 cm³/mol. The highest BCUT2D eigenvalue weighted by atomic mass is 16.6. The number of rotatable bonds is 3. The molecule has 5 nitrogen and oxygen atoms in total. The lowest BCUT2D eigenvalue weighted by molar-refractivity contribution is -0.384. The summed E-state index contributed by atoms with van der Waals surface area (Å²) in [6.07, 6.45) is 2.79. The zero-order valence-electron chi connectivity index (χ0n) is 9.80. The highest BCUT2D eigenvalue weighted by molar-refractivity contribution is 6.10. The number of ketones is 2. The fourth-order valence-electron chi connectivity index (χ4n) is 2.21. The van der Waals surface area contributed by atoms with E-state index in [-0.39, 0.29) is 17.3 Å². The summed E-state index contributed by atoms with van der Waals surface area (Å²) in [5, 5.41) is 10.5. The second kappa shape index (κ2) is 5.08. The van der Waals surface area contributed by atoms with Gasteiger partial charge >= 0.3 is 0 Å². The van der Waals surface area contributed by atoms with Gasteiger partial charge in [0.15, 0.2) is 5.78 Å². The van der Waals surface area contributed by atoms with Crippen molar-refractivity contribution in [2.24, 2.45) is 5.92 Å². The SMILES string of the molecule is O=C1CCCCC1C(=O)c1ccc([N+](=O)[O-])cc1. The van der Waals surface area contributed by atoms with Crippen LogP contribution in [0.3, 0.4) is 0 Å². The lowest BCUT2D eigenvalue weighted by atomic mass is 9.83. The van der Waals surface area contributed by atoms with Crippen molar-refractivity contribution in [3.63, 3.8) is 0 Å². The van der Waals surface area contributed by atoms with Crippen LogP contribution in [-0.2, 0) is 4.79 Å². The van der Waals surface area contributed by atoms with Crippen molar-refractivity contribution in [1.29, 1.82) is 0 Å². The Morgan fingerprint density at radius 1 is 1.22 bits per heavy atom. The molecule has 2 rings (SSSR count). The van der Waals surface area contributed by atoms with Gasteiger partial charge in [-0.15, -0.1) is 0 Å². The van der Waals surface area contributed by atoms with Gasteiger partial charge in [-0.3, -0.25) is 19.7 Å². The fourth-order valence-corrected chi connectivity index (χ4v) is 2.21. The molecule has 1 aromatic rings. The van der Waals surface area contributed by atoms with Gasteiger partial charge in [0.05, 0.1) is 10.8 Å². The second-order valence-electron chi connectivity index (χ2n) is 4.43. The third-order valence-corrected chi connectivity index (χ3v) is 3.23. The van der Waals surface area contributed by atoms with E-state index in [1.807, 2.05) is 0 Å². The molecule has 0 N–H and O–H groups in total. The van der Waals surface area contributed by atoms with E-state index in [0.29, 0.717) is 18.4 Å². The van der Waals surface area contributed by atoms with E-state index in [1.165, 1.54) is 24.3 Å². The summed E-state index contributed by atoms with van der Waals surface area (Å²) in [5.41, 5.74) is 0.322. The van der Waals surface area contributed by atoms with Crippen LogP contribution in [0.4, 0.5) is 5.69 Å². The number of nitro benzene ring substituents is 1. The number of hydrogen-bond acceptors (Lipinski definition) is 4. The fraction of sp³-hybridized carbons (Fsp3) is 0.385. The Morgan fingerprint density at radius 3 is 2.44 bits per heavy atom. The van der Waals surface area contributed by atoms with Crippen LogP contribution in [0, 0.1) is 16.0 Å². The molecule has 1 aromatic carbocycles. The van der Waals surface area contributed by atoms with Crippen molar-refractivity contribution < 1.29 is 14.5 Å². The highest BCUT2D eigenvalue weighted by Crippen LogP contribution is 2.25. The van der Waals surface area contributed by atoms with Gasteiger partial charge in [-0.1, -0.05) is 6.42 Å². The van der Waals surface area contributed by atoms with Gasteiger partial charge in [0.25, 0.3) is 5.69 Å². The molecule has 18 heavy (non-hydrogen) atoms. The van der Waals surface area contributed by atoms with E-state index in [4.69, 9.17) is 0 Å². The predicted octanol–water partition coefficient (Wildman–Crippen LogP) is 2.54. The number of nitrogens with zero attached hydrogens (tertiary/aromatic N) is 1. The van der Waals surface area contributed by atoms with Gasteiger partial charge in [-0.25, -0.2) is 0 Å². The molecule has 0 aliphatic heterocycles. The summed E-state index contributed by atoms with van der Waals surface area (Å²) >= 11 is 0. The Balaban J connectivity index is 2.17. The van der Waals surface area contributed by atoms with Crippen molar-refractivity contribution in [3.8, 4) is 0 Å². The number of nitro groups is 1. The summed E-state index contributed by atoms with van der Waals surface area (Å²) in [6.45, 7) is 0. The van der Waals surface area contributed by atoms with Crippen LogP contribution in [0.5, 0.6) is 0 Å². The number of Topliss-reactive ketones (excluding diaryl/α,β-unsaturated/α-hetero) is 2. The maximum atomic E-state index is 12.1. The number of hydrogen-bond donors (Lipinski definition) is 0. The van der Waals surface area contributed by atoms with E-state index in [0.717, 1.165) is 12.8 Å². The molecular formula is C13H13NO4. The minimum Gasteiger partial charge on any atom is -0.299 e. The zero-order chi connectivity index (χ0) is 13.1. The van der Waals surface area contributed by atoms with Crippen LogP contribution in [0.2, 0.25) is 0 Å². The molecular weight excluding hydrogens is 234 g/mol. The molecule has 0 amide bonds. The van der Waals surface area contributed by atoms with Crippen LogP contribution in [0.15, 0.2) is 24.3 Å². The summed E-state index contributed by atoms with van der Waals surface area (Å²) in [5.74, 6) is -0.778. The molecule has 5 heteroatoms. The third-order valence-electron chi connectivity index (χ3n) is 3.23. The smallest absolute Gasteiger partial charge is 0.269 e. The first-order chi connectivity index (χ1) is 8.59. The summed E-state index contributed by atoms with van der Waals surface area (Å²) in [6, 6.07) is 5.42. The largest absolute Gasteiger partial charge is 0.299 e. The average Bonchev–Trinajstić information content (AvgIpc) is 2.38. The van der Waals surface area contributed by atoms with Crippen molar-refractivity contribution >= 4 is 17.3 Å². The molecule has 0 radical (unpaired) electrons. The first-order valence-electron chi connectivity index (χ1n) is 5.91. The van der Waals surface area contributed by atoms with Crippen molar-refractivity contribution in [1.82, 2.24) is 0 Å². The van der Waals surface area contributed by atoms with E-state index in [2.05, 4.69) is 0 Å². The quantitative estimate of drug-likeness (QED) is 0.356. The van der Waals surface area contributed by atoms with E-state index in [9.17, 15) is 19.7 Å². The molecule has 1 aliphatic rings. The maximum absolute atomic E-state index is 12.1. The maximum Gasteiger partial charge on any atom is 0.269 e. The third kappa shape index (κ3) is 2.45. The van der Waals surface area contributed by atoms with Gasteiger partial charge in [0.2, 0.25) is 0 Å². The van der Waals surface area contributed by atoms with Crippen molar-refractivity contribution in [2.45, 2.75) is 25.7 Å². The summed E-state index contributed by atoms with van der Waals surface area (Å²) < 4.78 is 0. The molecule has 0 bridgehead atoms. The Hall–Kier alpha value is -2.04. The Labute approximate surface area is 104 Å². The van der Waals surface area contributed by atoms with Gasteiger partial charge in [0, 0.05) is 24.1 Å².